The Bertz CT molecular complexity index is 675. The molecule has 1 aliphatic heterocycles. The smallest absolute Gasteiger partial charge is 0.190 e. The maximum atomic E-state index is 12.3. The summed E-state index contributed by atoms with van der Waals surface area (Å²) in [6.45, 7) is 6.79. The Kier molecular flexibility index (Phi) is 3.81. The van der Waals surface area contributed by atoms with E-state index in [4.69, 9.17) is 0 Å². The third kappa shape index (κ3) is 2.60. The van der Waals surface area contributed by atoms with Crippen molar-refractivity contribution < 1.29 is 4.79 Å². The molecule has 0 atom stereocenters. The predicted octanol–water partition coefficient (Wildman–Crippen LogP) is 4.37. The van der Waals surface area contributed by atoms with Crippen LogP contribution in [-0.4, -0.2) is 17.3 Å². The number of aryl methyl sites for hydroxylation is 2. The number of anilines is 2. The standard InChI is InChI=1S/C17H20N2OS/c1-11(2)15(20)16-12(3)18-17(21-16)19-10-6-8-13-7-4-5-9-14(13)19/h4-5,7,9,11H,6,8,10H2,1-3H3. The first kappa shape index (κ1) is 14.3. The molecule has 110 valence electrons. The molecule has 3 rings (SSSR count). The number of carbonyl (C=O) groups is 1. The number of nitrogens with zero attached hydrogens (tertiary/aromatic N) is 2. The minimum absolute atomic E-state index is 0.0191. The van der Waals surface area contributed by atoms with Crippen molar-refractivity contribution in [2.24, 2.45) is 5.92 Å². The van der Waals surface area contributed by atoms with E-state index in [-0.39, 0.29) is 11.7 Å². The number of thiazole rings is 1. The fourth-order valence-electron chi connectivity index (χ4n) is 2.72. The van der Waals surface area contributed by atoms with Gasteiger partial charge in [-0.05, 0) is 31.4 Å². The Morgan fingerprint density at radius 2 is 2.10 bits per heavy atom. The van der Waals surface area contributed by atoms with E-state index in [0.29, 0.717) is 0 Å². The number of ketones is 1. The molecule has 0 aliphatic carbocycles. The average Bonchev–Trinajstić information content (AvgIpc) is 2.87. The zero-order valence-corrected chi connectivity index (χ0v) is 13.5. The lowest BCUT2D eigenvalue weighted by atomic mass is 10.0. The first-order valence-electron chi connectivity index (χ1n) is 7.45. The molecule has 2 aromatic rings. The summed E-state index contributed by atoms with van der Waals surface area (Å²) in [7, 11) is 0. The van der Waals surface area contributed by atoms with Crippen LogP contribution < -0.4 is 4.90 Å². The number of fused-ring (bicyclic) bond motifs is 1. The van der Waals surface area contributed by atoms with Crippen LogP contribution in [0.1, 0.15) is 41.2 Å². The van der Waals surface area contributed by atoms with Crippen LogP contribution >= 0.6 is 11.3 Å². The Labute approximate surface area is 129 Å². The van der Waals surface area contributed by atoms with Gasteiger partial charge in [-0.1, -0.05) is 43.4 Å². The van der Waals surface area contributed by atoms with Gasteiger partial charge < -0.3 is 4.90 Å². The summed E-state index contributed by atoms with van der Waals surface area (Å²) in [6, 6.07) is 8.48. The van der Waals surface area contributed by atoms with Crippen LogP contribution in [0.4, 0.5) is 10.8 Å². The summed E-state index contributed by atoms with van der Waals surface area (Å²) >= 11 is 1.53. The van der Waals surface area contributed by atoms with Crippen molar-refractivity contribution in [3.8, 4) is 0 Å². The monoisotopic (exact) mass is 300 g/mol. The van der Waals surface area contributed by atoms with Crippen molar-refractivity contribution >= 4 is 27.9 Å². The Balaban J connectivity index is 1.99. The van der Waals surface area contributed by atoms with E-state index < -0.39 is 0 Å². The highest BCUT2D eigenvalue weighted by Crippen LogP contribution is 2.37. The zero-order valence-electron chi connectivity index (χ0n) is 12.7. The SMILES string of the molecule is Cc1nc(N2CCCc3ccccc32)sc1C(=O)C(C)C. The van der Waals surface area contributed by atoms with Crippen molar-refractivity contribution in [1.29, 1.82) is 0 Å². The first-order chi connectivity index (χ1) is 10.1. The molecule has 1 aromatic heterocycles. The number of benzene rings is 1. The topological polar surface area (TPSA) is 33.2 Å². The van der Waals surface area contributed by atoms with Crippen molar-refractivity contribution in [2.75, 3.05) is 11.4 Å². The molecule has 4 heteroatoms. The van der Waals surface area contributed by atoms with Crippen LogP contribution in [-0.2, 0) is 6.42 Å². The summed E-state index contributed by atoms with van der Waals surface area (Å²) in [4.78, 5) is 20.0. The van der Waals surface area contributed by atoms with Crippen LogP contribution in [0.25, 0.3) is 0 Å². The quantitative estimate of drug-likeness (QED) is 0.789. The number of Topliss-reactive ketones (excluding diaryl/α,β-unsaturated/α-hetero) is 1. The van der Waals surface area contributed by atoms with Crippen LogP contribution in [0.3, 0.4) is 0 Å². The molecule has 0 N–H and O–H groups in total. The maximum absolute atomic E-state index is 12.3. The van der Waals surface area contributed by atoms with E-state index in [1.807, 2.05) is 20.8 Å². The number of hydrogen-bond donors (Lipinski definition) is 0. The molecular formula is C17H20N2OS. The second-order valence-electron chi connectivity index (χ2n) is 5.81. The zero-order chi connectivity index (χ0) is 15.0. The van der Waals surface area contributed by atoms with Crippen molar-refractivity contribution in [3.05, 3.63) is 40.4 Å². The number of para-hydroxylation sites is 1. The molecule has 0 saturated heterocycles. The third-order valence-corrected chi connectivity index (χ3v) is 5.07. The highest BCUT2D eigenvalue weighted by atomic mass is 32.1. The van der Waals surface area contributed by atoms with Gasteiger partial charge in [-0.15, -0.1) is 0 Å². The minimum Gasteiger partial charge on any atom is -0.318 e. The van der Waals surface area contributed by atoms with Crippen LogP contribution in [0.5, 0.6) is 0 Å². The lowest BCUT2D eigenvalue weighted by Gasteiger charge is -2.28. The summed E-state index contributed by atoms with van der Waals surface area (Å²) in [5.41, 5.74) is 3.46. The fourth-order valence-corrected chi connectivity index (χ4v) is 3.92. The van der Waals surface area contributed by atoms with Crippen LogP contribution in [0.15, 0.2) is 24.3 Å². The number of rotatable bonds is 3. The van der Waals surface area contributed by atoms with E-state index >= 15 is 0 Å². The molecule has 0 bridgehead atoms. The van der Waals surface area contributed by atoms with Gasteiger partial charge in [-0.2, -0.15) is 0 Å². The molecule has 1 aromatic carbocycles. The molecule has 0 spiro atoms. The van der Waals surface area contributed by atoms with Gasteiger partial charge in [0.15, 0.2) is 10.9 Å². The van der Waals surface area contributed by atoms with Gasteiger partial charge >= 0.3 is 0 Å². The molecule has 0 radical (unpaired) electrons. The minimum atomic E-state index is 0.0191. The van der Waals surface area contributed by atoms with Gasteiger partial charge in [0, 0.05) is 18.2 Å². The Hall–Kier alpha value is -1.68. The fraction of sp³-hybridized carbons (Fsp3) is 0.412. The average molecular weight is 300 g/mol. The van der Waals surface area contributed by atoms with Crippen LogP contribution in [0.2, 0.25) is 0 Å². The molecule has 3 nitrogen and oxygen atoms in total. The summed E-state index contributed by atoms with van der Waals surface area (Å²) in [5.74, 6) is 0.215. The molecule has 0 unspecified atom stereocenters. The van der Waals surface area contributed by atoms with E-state index in [1.165, 1.54) is 22.6 Å². The lowest BCUT2D eigenvalue weighted by molar-refractivity contribution is 0.0942. The van der Waals surface area contributed by atoms with Gasteiger partial charge in [0.2, 0.25) is 0 Å². The molecular weight excluding hydrogens is 280 g/mol. The third-order valence-electron chi connectivity index (χ3n) is 3.87. The Morgan fingerprint density at radius 1 is 1.33 bits per heavy atom. The first-order valence-corrected chi connectivity index (χ1v) is 8.26. The number of hydrogen-bond acceptors (Lipinski definition) is 4. The van der Waals surface area contributed by atoms with E-state index in [1.54, 1.807) is 0 Å². The predicted molar refractivity (Wildman–Crippen MR) is 87.8 cm³/mol. The Morgan fingerprint density at radius 3 is 2.86 bits per heavy atom. The number of aromatic nitrogens is 1. The molecule has 1 aliphatic rings. The van der Waals surface area contributed by atoms with Crippen molar-refractivity contribution in [2.45, 2.75) is 33.6 Å². The van der Waals surface area contributed by atoms with E-state index in [9.17, 15) is 4.79 Å². The van der Waals surface area contributed by atoms with Gasteiger partial charge in [-0.3, -0.25) is 4.79 Å². The van der Waals surface area contributed by atoms with Crippen molar-refractivity contribution in [3.63, 3.8) is 0 Å². The lowest BCUT2D eigenvalue weighted by Crippen LogP contribution is -2.24. The van der Waals surface area contributed by atoms with Gasteiger partial charge in [0.1, 0.15) is 0 Å². The van der Waals surface area contributed by atoms with E-state index in [0.717, 1.165) is 35.1 Å². The summed E-state index contributed by atoms with van der Waals surface area (Å²) in [5, 5.41) is 0.948. The second-order valence-corrected chi connectivity index (χ2v) is 6.79. The van der Waals surface area contributed by atoms with E-state index in [2.05, 4.69) is 34.1 Å². The summed E-state index contributed by atoms with van der Waals surface area (Å²) < 4.78 is 0. The highest BCUT2D eigenvalue weighted by Gasteiger charge is 2.24. The van der Waals surface area contributed by atoms with Gasteiger partial charge in [0.25, 0.3) is 0 Å². The normalized spacial score (nSPS) is 14.4. The number of carbonyl (C=O) groups excluding carboxylic acids is 1. The molecule has 0 fully saturated rings. The van der Waals surface area contributed by atoms with Gasteiger partial charge in [0.05, 0.1) is 10.6 Å². The molecule has 21 heavy (non-hydrogen) atoms. The molecule has 0 saturated carbocycles. The van der Waals surface area contributed by atoms with Gasteiger partial charge in [-0.25, -0.2) is 4.98 Å². The molecule has 2 heterocycles. The van der Waals surface area contributed by atoms with Crippen LogP contribution in [0, 0.1) is 12.8 Å². The maximum Gasteiger partial charge on any atom is 0.190 e. The van der Waals surface area contributed by atoms with Crippen molar-refractivity contribution in [1.82, 2.24) is 4.98 Å². The largest absolute Gasteiger partial charge is 0.318 e. The molecule has 0 amide bonds. The highest BCUT2D eigenvalue weighted by molar-refractivity contribution is 7.17. The second kappa shape index (κ2) is 5.60. The summed E-state index contributed by atoms with van der Waals surface area (Å²) in [6.07, 6.45) is 2.25.